The summed E-state index contributed by atoms with van der Waals surface area (Å²) < 4.78 is 0. The monoisotopic (exact) mass is 339 g/mol. The molecule has 0 spiro atoms. The lowest BCUT2D eigenvalue weighted by Crippen LogP contribution is -2.35. The molecule has 0 rings (SSSR count). The van der Waals surface area contributed by atoms with Crippen molar-refractivity contribution in [3.8, 4) is 0 Å². The van der Waals surface area contributed by atoms with Gasteiger partial charge in [-0.3, -0.25) is 14.4 Å². The van der Waals surface area contributed by atoms with Crippen molar-refractivity contribution in [2.75, 3.05) is 14.2 Å². The Bertz CT molecular complexity index is 431. The number of allylic oxidation sites excluding steroid dienone is 2. The number of amides is 1. The molecule has 0 aliphatic heterocycles. The van der Waals surface area contributed by atoms with Gasteiger partial charge in [0.25, 0.3) is 5.91 Å². The zero-order chi connectivity index (χ0) is 18.9. The van der Waals surface area contributed by atoms with Gasteiger partial charge >= 0.3 is 0 Å². The Morgan fingerprint density at radius 3 is 2.17 bits per heavy atom. The van der Waals surface area contributed by atoms with Gasteiger partial charge in [-0.1, -0.05) is 46.6 Å². The molecule has 0 saturated heterocycles. The first-order valence-electron chi connectivity index (χ1n) is 9.18. The molecule has 0 aliphatic rings. The average molecular weight is 340 g/mol. The van der Waals surface area contributed by atoms with E-state index in [0.717, 1.165) is 17.4 Å². The van der Waals surface area contributed by atoms with Gasteiger partial charge in [-0.25, -0.2) is 5.06 Å². The highest BCUT2D eigenvalue weighted by atomic mass is 16.7. The number of carbonyl (C=O) groups excluding carboxylic acids is 2. The van der Waals surface area contributed by atoms with Gasteiger partial charge in [0, 0.05) is 7.05 Å². The van der Waals surface area contributed by atoms with Gasteiger partial charge < -0.3 is 0 Å². The van der Waals surface area contributed by atoms with Crippen LogP contribution < -0.4 is 0 Å². The van der Waals surface area contributed by atoms with E-state index < -0.39 is 5.92 Å². The number of rotatable bonds is 11. The molecular formula is C20H37NO3. The molecule has 0 saturated carbocycles. The highest BCUT2D eigenvalue weighted by molar-refractivity contribution is 6.08. The number of hydrogen-bond donors (Lipinski definition) is 0. The molecule has 0 aromatic rings. The van der Waals surface area contributed by atoms with E-state index >= 15 is 0 Å². The fourth-order valence-corrected chi connectivity index (χ4v) is 3.42. The van der Waals surface area contributed by atoms with Gasteiger partial charge in [0.1, 0.15) is 5.92 Å². The highest BCUT2D eigenvalue weighted by Gasteiger charge is 2.26. The van der Waals surface area contributed by atoms with Crippen molar-refractivity contribution in [1.29, 1.82) is 0 Å². The molecule has 4 heteroatoms. The fraction of sp³-hybridized carbons (Fsp3) is 0.800. The minimum atomic E-state index is -0.708. The van der Waals surface area contributed by atoms with E-state index in [1.807, 2.05) is 6.08 Å². The Kier molecular flexibility index (Phi) is 10.9. The molecule has 0 N–H and O–H groups in total. The van der Waals surface area contributed by atoms with Crippen molar-refractivity contribution in [3.05, 3.63) is 11.6 Å². The van der Waals surface area contributed by atoms with Crippen LogP contribution in [0.25, 0.3) is 0 Å². The summed E-state index contributed by atoms with van der Waals surface area (Å²) in [5, 5.41) is 1.11. The van der Waals surface area contributed by atoms with E-state index in [-0.39, 0.29) is 11.7 Å². The fourth-order valence-electron chi connectivity index (χ4n) is 3.42. The quantitative estimate of drug-likeness (QED) is 0.313. The summed E-state index contributed by atoms with van der Waals surface area (Å²) in [5.74, 6) is 0.582. The maximum atomic E-state index is 12.4. The summed E-state index contributed by atoms with van der Waals surface area (Å²) >= 11 is 0. The van der Waals surface area contributed by atoms with E-state index in [1.54, 1.807) is 13.8 Å². The van der Waals surface area contributed by atoms with Gasteiger partial charge in [-0.2, -0.15) is 0 Å². The van der Waals surface area contributed by atoms with Crippen LogP contribution in [0, 0.1) is 23.7 Å². The van der Waals surface area contributed by atoms with Crippen molar-refractivity contribution in [2.45, 2.75) is 67.2 Å². The zero-order valence-corrected chi connectivity index (χ0v) is 16.9. The third-order valence-electron chi connectivity index (χ3n) is 4.63. The van der Waals surface area contributed by atoms with Crippen LogP contribution >= 0.6 is 0 Å². The molecule has 0 radical (unpaired) electrons. The van der Waals surface area contributed by atoms with Gasteiger partial charge in [-0.15, -0.1) is 0 Å². The molecule has 0 unspecified atom stereocenters. The summed E-state index contributed by atoms with van der Waals surface area (Å²) in [6.07, 6.45) is 6.82. The molecular weight excluding hydrogens is 302 g/mol. The van der Waals surface area contributed by atoms with Crippen LogP contribution in [0.3, 0.4) is 0 Å². The number of hydroxylamine groups is 2. The van der Waals surface area contributed by atoms with Crippen molar-refractivity contribution in [2.24, 2.45) is 23.7 Å². The van der Waals surface area contributed by atoms with Gasteiger partial charge in [0.2, 0.25) is 0 Å². The van der Waals surface area contributed by atoms with Crippen molar-refractivity contribution in [1.82, 2.24) is 5.06 Å². The summed E-state index contributed by atoms with van der Waals surface area (Å²) in [4.78, 5) is 29.3. The number of ketones is 1. The van der Waals surface area contributed by atoms with Crippen LogP contribution in [0.4, 0.5) is 0 Å². The minimum Gasteiger partial charge on any atom is -0.294 e. The largest absolute Gasteiger partial charge is 0.294 e. The molecule has 0 aliphatic carbocycles. The highest BCUT2D eigenvalue weighted by Crippen LogP contribution is 2.24. The summed E-state index contributed by atoms with van der Waals surface area (Å²) in [7, 11) is 2.94. The van der Waals surface area contributed by atoms with Crippen LogP contribution in [0.2, 0.25) is 0 Å². The average Bonchev–Trinajstić information content (AvgIpc) is 2.51. The Hall–Kier alpha value is -1.16. The Morgan fingerprint density at radius 1 is 1.08 bits per heavy atom. The van der Waals surface area contributed by atoms with Crippen LogP contribution in [0.15, 0.2) is 11.6 Å². The first kappa shape index (κ1) is 22.8. The molecule has 24 heavy (non-hydrogen) atoms. The molecule has 0 bridgehead atoms. The molecule has 0 heterocycles. The normalized spacial score (nSPS) is 17.1. The first-order chi connectivity index (χ1) is 11.1. The molecule has 0 aromatic heterocycles. The predicted octanol–water partition coefficient (Wildman–Crippen LogP) is 4.65. The van der Waals surface area contributed by atoms with Crippen LogP contribution in [0.5, 0.6) is 0 Å². The molecule has 4 nitrogen and oxygen atoms in total. The lowest BCUT2D eigenvalue weighted by atomic mass is 9.86. The Balaban J connectivity index is 4.64. The molecule has 1 amide bonds. The van der Waals surface area contributed by atoms with Crippen LogP contribution in [0.1, 0.15) is 67.2 Å². The standard InChI is InChI=1S/C20H37NO3/c1-9-10-14(2)11-15(3)12-16(4)13-17(5)19(22)18(6)20(23)21(7)24-8/h13-16,18H,9-12H2,1-8H3/b17-13+/t14-,15-,16-,18+/m0/s1. The zero-order valence-electron chi connectivity index (χ0n) is 16.9. The number of carbonyl (C=O) groups is 2. The van der Waals surface area contributed by atoms with Crippen LogP contribution in [-0.4, -0.2) is 30.9 Å². The number of Topliss-reactive ketones (excluding diaryl/α,β-unsaturated/α-hetero) is 1. The minimum absolute atomic E-state index is 0.122. The third-order valence-corrected chi connectivity index (χ3v) is 4.63. The van der Waals surface area contributed by atoms with E-state index in [4.69, 9.17) is 4.84 Å². The third kappa shape index (κ3) is 8.09. The van der Waals surface area contributed by atoms with Crippen LogP contribution in [-0.2, 0) is 14.4 Å². The smallest absolute Gasteiger partial charge is 0.256 e. The molecule has 0 aromatic carbocycles. The maximum absolute atomic E-state index is 12.4. The molecule has 0 fully saturated rings. The van der Waals surface area contributed by atoms with E-state index in [0.29, 0.717) is 17.4 Å². The maximum Gasteiger partial charge on any atom is 0.256 e. The van der Waals surface area contributed by atoms with E-state index in [1.165, 1.54) is 33.4 Å². The van der Waals surface area contributed by atoms with Gasteiger partial charge in [0.05, 0.1) is 7.11 Å². The molecule has 4 atom stereocenters. The topological polar surface area (TPSA) is 46.6 Å². The Morgan fingerprint density at radius 2 is 1.67 bits per heavy atom. The summed E-state index contributed by atoms with van der Waals surface area (Å²) in [6.45, 7) is 12.4. The summed E-state index contributed by atoms with van der Waals surface area (Å²) in [5.41, 5.74) is 0.668. The van der Waals surface area contributed by atoms with E-state index in [9.17, 15) is 9.59 Å². The number of nitrogens with zero attached hydrogens (tertiary/aromatic N) is 1. The van der Waals surface area contributed by atoms with Gasteiger partial charge in [0.15, 0.2) is 5.78 Å². The number of hydrogen-bond acceptors (Lipinski definition) is 3. The second-order valence-electron chi connectivity index (χ2n) is 7.40. The van der Waals surface area contributed by atoms with Gasteiger partial charge in [-0.05, 0) is 50.0 Å². The molecule has 140 valence electrons. The lowest BCUT2D eigenvalue weighted by Gasteiger charge is -2.20. The second-order valence-corrected chi connectivity index (χ2v) is 7.40. The Labute approximate surface area is 148 Å². The lowest BCUT2D eigenvalue weighted by molar-refractivity contribution is -0.173. The summed E-state index contributed by atoms with van der Waals surface area (Å²) in [6, 6.07) is 0. The first-order valence-corrected chi connectivity index (χ1v) is 9.18. The van der Waals surface area contributed by atoms with E-state index in [2.05, 4.69) is 27.7 Å². The second kappa shape index (κ2) is 11.4. The van der Waals surface area contributed by atoms with Crippen molar-refractivity contribution in [3.63, 3.8) is 0 Å². The SMILES string of the molecule is CCC[C@H](C)C[C@H](C)C[C@H](C)/C=C(\C)C(=O)[C@@H](C)C(=O)N(C)OC. The van der Waals surface area contributed by atoms with Crippen molar-refractivity contribution < 1.29 is 14.4 Å². The van der Waals surface area contributed by atoms with Crippen molar-refractivity contribution >= 4 is 11.7 Å². The predicted molar refractivity (Wildman–Crippen MR) is 99.3 cm³/mol.